The van der Waals surface area contributed by atoms with E-state index in [9.17, 15) is 0 Å². The first kappa shape index (κ1) is 18.9. The molecule has 0 saturated heterocycles. The Balaban J connectivity index is 2.18. The van der Waals surface area contributed by atoms with Crippen LogP contribution in [0, 0.1) is 0 Å². The van der Waals surface area contributed by atoms with Crippen LogP contribution in [-0.2, 0) is 5.41 Å². The average Bonchev–Trinajstić information content (AvgIpc) is 2.70. The van der Waals surface area contributed by atoms with Gasteiger partial charge in [0.15, 0.2) is 0 Å². The topological polar surface area (TPSA) is 52.0 Å². The zero-order valence-electron chi connectivity index (χ0n) is 15.4. The Labute approximate surface area is 166 Å². The summed E-state index contributed by atoms with van der Waals surface area (Å²) in [5.41, 5.74) is 10.3. The van der Waals surface area contributed by atoms with Gasteiger partial charge < -0.3 is 11.5 Å². The van der Waals surface area contributed by atoms with Crippen LogP contribution in [0.2, 0.25) is 0 Å². The van der Waals surface area contributed by atoms with Gasteiger partial charge in [-0.2, -0.15) is 13.2 Å². The van der Waals surface area contributed by atoms with Gasteiger partial charge in [0.05, 0.1) is 0 Å². The molecule has 0 atom stereocenters. The first-order valence-electron chi connectivity index (χ1n) is 9.11. The summed E-state index contributed by atoms with van der Waals surface area (Å²) in [6.07, 6.45) is -4.62. The largest absolute Gasteiger partial charge is 0.406 e. The molecule has 0 bridgehead atoms. The van der Waals surface area contributed by atoms with E-state index >= 15 is 13.2 Å². The van der Waals surface area contributed by atoms with E-state index in [-0.39, 0.29) is 16.7 Å². The third-order valence-corrected chi connectivity index (χ3v) is 5.31. The van der Waals surface area contributed by atoms with Crippen LogP contribution in [0.3, 0.4) is 0 Å². The highest BCUT2D eigenvalue weighted by atomic mass is 19.4. The Bertz CT molecular complexity index is 1100. The van der Waals surface area contributed by atoms with Crippen molar-refractivity contribution in [3.8, 4) is 0 Å². The number of hydrogen-bond acceptors (Lipinski definition) is 2. The Morgan fingerprint density at radius 1 is 0.552 bits per heavy atom. The van der Waals surface area contributed by atoms with Gasteiger partial charge in [0.25, 0.3) is 0 Å². The maximum absolute atomic E-state index is 15.1. The van der Waals surface area contributed by atoms with Crippen LogP contribution in [0.4, 0.5) is 24.5 Å². The van der Waals surface area contributed by atoms with Crippen LogP contribution >= 0.6 is 0 Å². The molecule has 0 fully saturated rings. The molecule has 146 valence electrons. The van der Waals surface area contributed by atoms with Crippen molar-refractivity contribution in [3.63, 3.8) is 0 Å². The summed E-state index contributed by atoms with van der Waals surface area (Å²) >= 11 is 0. The molecule has 4 N–H and O–H groups in total. The molecule has 29 heavy (non-hydrogen) atoms. The standard InChI is InChI=1S/C24H19F3N2/c25-24(26,27)23(17-8-12-19(28)13-9-17,18-10-14-20(29)15-11-18)22-7-3-5-16-4-1-2-6-21(16)22/h1-15H,28-29H2. The third kappa shape index (κ3) is 2.99. The van der Waals surface area contributed by atoms with E-state index in [2.05, 4.69) is 0 Å². The summed E-state index contributed by atoms with van der Waals surface area (Å²) in [4.78, 5) is 0. The van der Waals surface area contributed by atoms with Gasteiger partial charge in [-0.05, 0) is 51.7 Å². The number of fused-ring (bicyclic) bond motifs is 1. The van der Waals surface area contributed by atoms with E-state index in [4.69, 9.17) is 11.5 Å². The highest BCUT2D eigenvalue weighted by Gasteiger charge is 2.58. The fourth-order valence-electron chi connectivity index (χ4n) is 3.98. The summed E-state index contributed by atoms with van der Waals surface area (Å²) in [6.45, 7) is 0. The first-order valence-corrected chi connectivity index (χ1v) is 9.11. The molecule has 0 aliphatic heterocycles. The normalized spacial score (nSPS) is 12.2. The highest BCUT2D eigenvalue weighted by Crippen LogP contribution is 2.53. The van der Waals surface area contributed by atoms with Crippen LogP contribution in [0.5, 0.6) is 0 Å². The lowest BCUT2D eigenvalue weighted by Gasteiger charge is -2.38. The molecule has 4 aromatic rings. The monoisotopic (exact) mass is 392 g/mol. The molecule has 0 aliphatic carbocycles. The summed E-state index contributed by atoms with van der Waals surface area (Å²) < 4.78 is 45.3. The maximum Gasteiger partial charge on any atom is 0.406 e. The second-order valence-corrected chi connectivity index (χ2v) is 7.02. The quantitative estimate of drug-likeness (QED) is 0.337. The predicted molar refractivity (Wildman–Crippen MR) is 112 cm³/mol. The lowest BCUT2D eigenvalue weighted by atomic mass is 9.67. The molecular formula is C24H19F3N2. The van der Waals surface area contributed by atoms with Gasteiger partial charge in [-0.1, -0.05) is 66.7 Å². The number of nitrogen functional groups attached to an aromatic ring is 2. The predicted octanol–water partition coefficient (Wildman–Crippen LogP) is 5.90. The van der Waals surface area contributed by atoms with E-state index in [1.54, 1.807) is 24.3 Å². The van der Waals surface area contributed by atoms with Gasteiger partial charge in [0.1, 0.15) is 5.41 Å². The zero-order valence-corrected chi connectivity index (χ0v) is 15.4. The average molecular weight is 392 g/mol. The smallest absolute Gasteiger partial charge is 0.399 e. The molecule has 0 aromatic heterocycles. The van der Waals surface area contributed by atoms with Gasteiger partial charge >= 0.3 is 6.18 Å². The fourth-order valence-corrected chi connectivity index (χ4v) is 3.98. The SMILES string of the molecule is Nc1ccc(C(c2ccc(N)cc2)(c2cccc3ccccc23)C(F)(F)F)cc1. The number of nitrogens with two attached hydrogens (primary N) is 2. The lowest BCUT2D eigenvalue weighted by molar-refractivity contribution is -0.166. The van der Waals surface area contributed by atoms with Crippen LogP contribution in [0.15, 0.2) is 91.0 Å². The Morgan fingerprint density at radius 2 is 1.03 bits per heavy atom. The highest BCUT2D eigenvalue weighted by molar-refractivity contribution is 5.88. The molecule has 0 radical (unpaired) electrons. The number of alkyl halides is 3. The van der Waals surface area contributed by atoms with Crippen LogP contribution in [0.25, 0.3) is 10.8 Å². The van der Waals surface area contributed by atoms with Gasteiger partial charge in [-0.3, -0.25) is 0 Å². The minimum Gasteiger partial charge on any atom is -0.399 e. The molecule has 0 aliphatic rings. The van der Waals surface area contributed by atoms with Crippen molar-refractivity contribution in [2.24, 2.45) is 0 Å². The van der Waals surface area contributed by atoms with Crippen molar-refractivity contribution in [3.05, 3.63) is 108 Å². The van der Waals surface area contributed by atoms with Crippen molar-refractivity contribution < 1.29 is 13.2 Å². The minimum atomic E-state index is -4.62. The van der Waals surface area contributed by atoms with Crippen molar-refractivity contribution in [1.82, 2.24) is 0 Å². The first-order chi connectivity index (χ1) is 13.8. The minimum absolute atomic E-state index is 0.0975. The summed E-state index contributed by atoms with van der Waals surface area (Å²) in [7, 11) is 0. The van der Waals surface area contributed by atoms with Crippen molar-refractivity contribution in [2.45, 2.75) is 11.6 Å². The maximum atomic E-state index is 15.1. The van der Waals surface area contributed by atoms with E-state index in [1.807, 2.05) is 18.2 Å². The van der Waals surface area contributed by atoms with Crippen molar-refractivity contribution in [2.75, 3.05) is 11.5 Å². The van der Waals surface area contributed by atoms with Crippen molar-refractivity contribution in [1.29, 1.82) is 0 Å². The summed E-state index contributed by atoms with van der Waals surface area (Å²) in [5.74, 6) is 0. The Hall–Kier alpha value is -3.47. The number of anilines is 2. The molecular weight excluding hydrogens is 373 g/mol. The van der Waals surface area contributed by atoms with Gasteiger partial charge in [0, 0.05) is 11.4 Å². The van der Waals surface area contributed by atoms with Crippen LogP contribution in [-0.4, -0.2) is 6.18 Å². The van der Waals surface area contributed by atoms with E-state index in [0.717, 1.165) is 5.39 Å². The zero-order chi connectivity index (χ0) is 20.6. The Kier molecular flexibility index (Phi) is 4.46. The fraction of sp³-hybridized carbons (Fsp3) is 0.0833. The molecule has 0 amide bonds. The van der Waals surface area contributed by atoms with E-state index in [0.29, 0.717) is 16.8 Å². The number of hydrogen-bond donors (Lipinski definition) is 2. The van der Waals surface area contributed by atoms with Crippen LogP contribution in [0.1, 0.15) is 16.7 Å². The van der Waals surface area contributed by atoms with Crippen LogP contribution < -0.4 is 11.5 Å². The molecule has 0 spiro atoms. The van der Waals surface area contributed by atoms with Gasteiger partial charge in [-0.15, -0.1) is 0 Å². The molecule has 5 heteroatoms. The van der Waals surface area contributed by atoms with Gasteiger partial charge in [-0.25, -0.2) is 0 Å². The molecule has 0 unspecified atom stereocenters. The number of benzene rings is 4. The molecule has 0 saturated carbocycles. The molecule has 4 rings (SSSR count). The van der Waals surface area contributed by atoms with Gasteiger partial charge in [0.2, 0.25) is 0 Å². The molecule has 0 heterocycles. The van der Waals surface area contributed by atoms with E-state index < -0.39 is 11.6 Å². The summed E-state index contributed by atoms with van der Waals surface area (Å²) in [5, 5.41) is 1.28. The second-order valence-electron chi connectivity index (χ2n) is 7.02. The van der Waals surface area contributed by atoms with E-state index in [1.165, 1.54) is 48.5 Å². The number of halogens is 3. The second kappa shape index (κ2) is 6.85. The van der Waals surface area contributed by atoms with Crippen molar-refractivity contribution >= 4 is 22.1 Å². The summed E-state index contributed by atoms with van der Waals surface area (Å²) in [6, 6.07) is 23.9. The molecule has 4 aromatic carbocycles. The lowest BCUT2D eigenvalue weighted by Crippen LogP contribution is -2.44. The molecule has 2 nitrogen and oxygen atoms in total. The Morgan fingerprint density at radius 3 is 1.55 bits per heavy atom. The number of rotatable bonds is 3. The third-order valence-electron chi connectivity index (χ3n) is 5.31.